The van der Waals surface area contributed by atoms with Crippen LogP contribution in [0.5, 0.6) is 0 Å². The second kappa shape index (κ2) is 11.0. The van der Waals surface area contributed by atoms with Gasteiger partial charge in [-0.05, 0) is 37.9 Å². The molecule has 0 spiro atoms. The van der Waals surface area contributed by atoms with Crippen molar-refractivity contribution in [3.05, 3.63) is 0 Å². The maximum absolute atomic E-state index is 6.15. The Labute approximate surface area is 117 Å². The molecular weight excluding hydrogens is 236 g/mol. The average molecular weight is 273 g/mol. The summed E-state index contributed by atoms with van der Waals surface area (Å²) in [6, 6.07) is 1.35. The molecule has 2 heteroatoms. The topological polar surface area (TPSA) is 9.23 Å². The normalized spacial score (nSPS) is 12.3. The van der Waals surface area contributed by atoms with Crippen LogP contribution in [0.3, 0.4) is 0 Å². The highest BCUT2D eigenvalue weighted by atomic mass is 28.4. The molecule has 0 aromatic carbocycles. The summed E-state index contributed by atoms with van der Waals surface area (Å²) in [5.74, 6) is 0.817. The van der Waals surface area contributed by atoms with Gasteiger partial charge in [-0.15, -0.1) is 0 Å². The van der Waals surface area contributed by atoms with Crippen LogP contribution in [0.1, 0.15) is 72.1 Å². The quantitative estimate of drug-likeness (QED) is 0.312. The molecule has 0 N–H and O–H groups in total. The zero-order chi connectivity index (χ0) is 13.9. The molecule has 18 heavy (non-hydrogen) atoms. The minimum Gasteiger partial charge on any atom is -0.417 e. The van der Waals surface area contributed by atoms with E-state index in [0.29, 0.717) is 0 Å². The molecule has 0 saturated heterocycles. The molecule has 0 rings (SSSR count). The molecule has 110 valence electrons. The van der Waals surface area contributed by atoms with Crippen LogP contribution in [0.2, 0.25) is 19.1 Å². The predicted molar refractivity (Wildman–Crippen MR) is 85.7 cm³/mol. The van der Waals surface area contributed by atoms with Gasteiger partial charge >= 0.3 is 0 Å². The third-order valence-corrected chi connectivity index (χ3v) is 6.09. The lowest BCUT2D eigenvalue weighted by molar-refractivity contribution is 0.286. The largest absolute Gasteiger partial charge is 0.417 e. The fourth-order valence-corrected chi connectivity index (χ4v) is 4.19. The van der Waals surface area contributed by atoms with Gasteiger partial charge in [0.25, 0.3) is 0 Å². The second-order valence-corrected chi connectivity index (χ2v) is 11.0. The van der Waals surface area contributed by atoms with Crippen molar-refractivity contribution < 1.29 is 4.43 Å². The van der Waals surface area contributed by atoms with Crippen LogP contribution in [0.4, 0.5) is 0 Å². The second-order valence-electron chi connectivity index (χ2n) is 6.66. The van der Waals surface area contributed by atoms with Gasteiger partial charge in [-0.25, -0.2) is 0 Å². The Morgan fingerprint density at radius 1 is 0.889 bits per heavy atom. The van der Waals surface area contributed by atoms with Crippen molar-refractivity contribution in [2.24, 2.45) is 5.92 Å². The van der Waals surface area contributed by atoms with Crippen molar-refractivity contribution in [2.75, 3.05) is 6.61 Å². The Kier molecular flexibility index (Phi) is 11.1. The lowest BCUT2D eigenvalue weighted by Crippen LogP contribution is -2.30. The van der Waals surface area contributed by atoms with Crippen LogP contribution in [0.25, 0.3) is 0 Å². The molecular formula is C16H36OSi. The van der Waals surface area contributed by atoms with E-state index < -0.39 is 8.32 Å². The van der Waals surface area contributed by atoms with E-state index in [0.717, 1.165) is 12.5 Å². The lowest BCUT2D eigenvalue weighted by atomic mass is 10.1. The van der Waals surface area contributed by atoms with Crippen molar-refractivity contribution >= 4 is 8.32 Å². The Hall–Kier alpha value is 0.177. The molecule has 0 radical (unpaired) electrons. The summed E-state index contributed by atoms with van der Waals surface area (Å²) in [5, 5.41) is 0. The first-order valence-corrected chi connectivity index (χ1v) is 11.2. The van der Waals surface area contributed by atoms with Gasteiger partial charge in [0.1, 0.15) is 0 Å². The van der Waals surface area contributed by atoms with E-state index in [4.69, 9.17) is 4.43 Å². The smallest absolute Gasteiger partial charge is 0.186 e. The molecule has 0 aromatic rings. The van der Waals surface area contributed by atoms with E-state index >= 15 is 0 Å². The standard InChI is InChI=1S/C16H36OSi/c1-6-7-8-9-10-11-15-18(4,5)17-14-12-13-16(2)3/h16H,6-15H2,1-5H3. The van der Waals surface area contributed by atoms with Gasteiger partial charge in [-0.3, -0.25) is 0 Å². The van der Waals surface area contributed by atoms with Gasteiger partial charge in [-0.2, -0.15) is 0 Å². The first kappa shape index (κ1) is 18.2. The summed E-state index contributed by atoms with van der Waals surface area (Å²) >= 11 is 0. The van der Waals surface area contributed by atoms with Crippen LogP contribution in [-0.2, 0) is 4.43 Å². The van der Waals surface area contributed by atoms with E-state index in [2.05, 4.69) is 33.9 Å². The van der Waals surface area contributed by atoms with Gasteiger partial charge < -0.3 is 4.43 Å². The number of unbranched alkanes of at least 4 members (excludes halogenated alkanes) is 5. The van der Waals surface area contributed by atoms with E-state index in [9.17, 15) is 0 Å². The molecule has 0 saturated carbocycles. The van der Waals surface area contributed by atoms with Crippen molar-refractivity contribution in [3.8, 4) is 0 Å². The Balaban J connectivity index is 3.42. The molecule has 0 aliphatic rings. The van der Waals surface area contributed by atoms with Crippen molar-refractivity contribution in [3.63, 3.8) is 0 Å². The maximum atomic E-state index is 6.15. The molecule has 0 heterocycles. The van der Waals surface area contributed by atoms with Gasteiger partial charge in [-0.1, -0.05) is 59.3 Å². The average Bonchev–Trinajstić information content (AvgIpc) is 2.29. The Bertz CT molecular complexity index is 178. The summed E-state index contributed by atoms with van der Waals surface area (Å²) in [4.78, 5) is 0. The number of hydrogen-bond donors (Lipinski definition) is 0. The van der Waals surface area contributed by atoms with Crippen LogP contribution in [0.15, 0.2) is 0 Å². The zero-order valence-electron chi connectivity index (χ0n) is 13.6. The van der Waals surface area contributed by atoms with Crippen LogP contribution in [0, 0.1) is 5.92 Å². The summed E-state index contributed by atoms with van der Waals surface area (Å²) in [6.07, 6.45) is 10.9. The minimum atomic E-state index is -1.34. The van der Waals surface area contributed by atoms with Gasteiger partial charge in [0.05, 0.1) is 0 Å². The highest BCUT2D eigenvalue weighted by Gasteiger charge is 2.21. The van der Waals surface area contributed by atoms with Crippen LogP contribution < -0.4 is 0 Å². The number of hydrogen-bond acceptors (Lipinski definition) is 1. The Morgan fingerprint density at radius 2 is 1.50 bits per heavy atom. The fourth-order valence-electron chi connectivity index (χ4n) is 2.24. The minimum absolute atomic E-state index is 0.817. The van der Waals surface area contributed by atoms with Crippen molar-refractivity contribution in [1.82, 2.24) is 0 Å². The summed E-state index contributed by atoms with van der Waals surface area (Å²) in [6.45, 7) is 12.6. The fraction of sp³-hybridized carbons (Fsp3) is 1.00. The van der Waals surface area contributed by atoms with Gasteiger partial charge in [0, 0.05) is 6.61 Å². The monoisotopic (exact) mass is 272 g/mol. The first-order valence-electron chi connectivity index (χ1n) is 8.12. The molecule has 0 amide bonds. The highest BCUT2D eigenvalue weighted by Crippen LogP contribution is 2.18. The third kappa shape index (κ3) is 12.6. The maximum Gasteiger partial charge on any atom is 0.186 e. The Morgan fingerprint density at radius 3 is 2.11 bits per heavy atom. The van der Waals surface area contributed by atoms with Gasteiger partial charge in [0.15, 0.2) is 8.32 Å². The van der Waals surface area contributed by atoms with E-state index in [1.807, 2.05) is 0 Å². The van der Waals surface area contributed by atoms with Crippen LogP contribution >= 0.6 is 0 Å². The molecule has 0 unspecified atom stereocenters. The molecule has 0 aromatic heterocycles. The SMILES string of the molecule is CCCCCCCC[Si](C)(C)OCCCC(C)C. The van der Waals surface area contributed by atoms with E-state index in [-0.39, 0.29) is 0 Å². The van der Waals surface area contributed by atoms with Crippen molar-refractivity contribution in [2.45, 2.75) is 91.3 Å². The van der Waals surface area contributed by atoms with Crippen LogP contribution in [-0.4, -0.2) is 14.9 Å². The summed E-state index contributed by atoms with van der Waals surface area (Å²) in [7, 11) is -1.34. The molecule has 0 fully saturated rings. The first-order chi connectivity index (χ1) is 8.48. The lowest BCUT2D eigenvalue weighted by Gasteiger charge is -2.23. The molecule has 0 aliphatic carbocycles. The number of rotatable bonds is 12. The predicted octanol–water partition coefficient (Wildman–Crippen LogP) is 6.00. The van der Waals surface area contributed by atoms with E-state index in [1.165, 1.54) is 57.4 Å². The molecule has 0 aliphatic heterocycles. The summed E-state index contributed by atoms with van der Waals surface area (Å²) in [5.41, 5.74) is 0. The molecule has 1 nitrogen and oxygen atoms in total. The van der Waals surface area contributed by atoms with Gasteiger partial charge in [0.2, 0.25) is 0 Å². The molecule has 0 atom stereocenters. The third-order valence-electron chi connectivity index (χ3n) is 3.55. The van der Waals surface area contributed by atoms with Crippen molar-refractivity contribution in [1.29, 1.82) is 0 Å². The van der Waals surface area contributed by atoms with E-state index in [1.54, 1.807) is 0 Å². The highest BCUT2D eigenvalue weighted by molar-refractivity contribution is 6.71. The summed E-state index contributed by atoms with van der Waals surface area (Å²) < 4.78 is 6.15. The molecule has 0 bridgehead atoms. The zero-order valence-corrected chi connectivity index (χ0v) is 14.6.